The molecule has 0 aliphatic carbocycles. The molecule has 1 saturated heterocycles. The summed E-state index contributed by atoms with van der Waals surface area (Å²) in [6, 6.07) is 22.8. The molecule has 7 heteroatoms. The fourth-order valence-corrected chi connectivity index (χ4v) is 4.26. The van der Waals surface area contributed by atoms with E-state index in [9.17, 15) is 9.59 Å². The normalized spacial score (nSPS) is 14.4. The lowest BCUT2D eigenvalue weighted by atomic mass is 9.90. The largest absolute Gasteiger partial charge is 0.421 e. The number of carbonyl (C=O) groups is 1. The number of aromatic nitrogens is 2. The molecule has 0 spiro atoms. The average molecular weight is 441 g/mol. The molecule has 0 saturated carbocycles. The first-order valence-corrected chi connectivity index (χ1v) is 11.1. The quantitative estimate of drug-likeness (QED) is 0.466. The molecule has 1 aliphatic rings. The van der Waals surface area contributed by atoms with Gasteiger partial charge in [-0.2, -0.15) is 0 Å². The lowest BCUT2D eigenvalue weighted by Crippen LogP contribution is -2.35. The Balaban J connectivity index is 1.21. The van der Waals surface area contributed by atoms with Crippen LogP contribution in [0.15, 0.2) is 82.0 Å². The molecule has 1 N–H and O–H groups in total. The highest BCUT2D eigenvalue weighted by Crippen LogP contribution is 2.24. The van der Waals surface area contributed by atoms with Gasteiger partial charge in [-0.15, -0.1) is 10.2 Å². The average Bonchev–Trinajstić information content (AvgIpc) is 2.86. The number of carbonyl (C=O) groups excluding carboxylic acids is 1. The summed E-state index contributed by atoms with van der Waals surface area (Å²) in [5.41, 5.74) is 1.46. The Labute approximate surface area is 191 Å². The summed E-state index contributed by atoms with van der Waals surface area (Å²) in [4.78, 5) is 27.0. The molecule has 166 valence electrons. The number of benzene rings is 2. The van der Waals surface area contributed by atoms with E-state index in [1.54, 1.807) is 24.3 Å². The van der Waals surface area contributed by atoms with Crippen LogP contribution in [-0.2, 0) is 6.42 Å². The van der Waals surface area contributed by atoms with E-state index in [2.05, 4.69) is 44.7 Å². The molecule has 0 atom stereocenters. The van der Waals surface area contributed by atoms with Crippen LogP contribution in [0.5, 0.6) is 0 Å². The van der Waals surface area contributed by atoms with Crippen molar-refractivity contribution in [2.24, 2.45) is 5.92 Å². The molecule has 0 radical (unpaired) electrons. The van der Waals surface area contributed by atoms with Gasteiger partial charge in [-0.05, 0) is 55.0 Å². The molecule has 33 heavy (non-hydrogen) atoms. The molecule has 2 aromatic carbocycles. The molecule has 0 bridgehead atoms. The Morgan fingerprint density at radius 2 is 1.73 bits per heavy atom. The van der Waals surface area contributed by atoms with Crippen molar-refractivity contribution in [2.45, 2.75) is 19.3 Å². The molecule has 1 fully saturated rings. The second-order valence-corrected chi connectivity index (χ2v) is 8.34. The van der Waals surface area contributed by atoms with Gasteiger partial charge in [0, 0.05) is 18.5 Å². The Kier molecular flexibility index (Phi) is 5.85. The van der Waals surface area contributed by atoms with Crippen LogP contribution in [0, 0.1) is 5.92 Å². The summed E-state index contributed by atoms with van der Waals surface area (Å²) in [6.07, 6.45) is 3.29. The van der Waals surface area contributed by atoms with E-state index in [0.717, 1.165) is 43.6 Å². The van der Waals surface area contributed by atoms with Crippen molar-refractivity contribution in [1.82, 2.24) is 10.2 Å². The zero-order valence-electron chi connectivity index (χ0n) is 18.1. The zero-order valence-corrected chi connectivity index (χ0v) is 18.1. The van der Waals surface area contributed by atoms with Crippen molar-refractivity contribution < 1.29 is 9.21 Å². The maximum atomic E-state index is 12.6. The highest BCUT2D eigenvalue weighted by Gasteiger charge is 2.21. The molecule has 4 aromatic rings. The molecule has 0 unspecified atom stereocenters. The second kappa shape index (κ2) is 9.24. The summed E-state index contributed by atoms with van der Waals surface area (Å²) >= 11 is 0. The van der Waals surface area contributed by atoms with Crippen molar-refractivity contribution in [3.8, 4) is 0 Å². The lowest BCUT2D eigenvalue weighted by molar-refractivity contribution is 0.102. The fourth-order valence-electron chi connectivity index (χ4n) is 4.26. The van der Waals surface area contributed by atoms with Gasteiger partial charge < -0.3 is 14.6 Å². The molecule has 2 aromatic heterocycles. The summed E-state index contributed by atoms with van der Waals surface area (Å²) in [7, 11) is 0. The zero-order chi connectivity index (χ0) is 22.6. The first kappa shape index (κ1) is 20.9. The summed E-state index contributed by atoms with van der Waals surface area (Å²) in [5, 5.41) is 11.7. The van der Waals surface area contributed by atoms with Crippen molar-refractivity contribution in [3.05, 3.63) is 94.5 Å². The minimum Gasteiger partial charge on any atom is -0.421 e. The van der Waals surface area contributed by atoms with Crippen LogP contribution >= 0.6 is 0 Å². The number of anilines is 2. The third-order valence-electron chi connectivity index (χ3n) is 6.08. The van der Waals surface area contributed by atoms with E-state index >= 15 is 0 Å². The fraction of sp³-hybridized carbons (Fsp3) is 0.231. The van der Waals surface area contributed by atoms with Gasteiger partial charge in [0.1, 0.15) is 11.3 Å². The second-order valence-electron chi connectivity index (χ2n) is 8.34. The van der Waals surface area contributed by atoms with E-state index in [1.807, 2.05) is 24.3 Å². The van der Waals surface area contributed by atoms with Gasteiger partial charge in [-0.25, -0.2) is 4.79 Å². The van der Waals surface area contributed by atoms with Crippen LogP contribution in [-0.4, -0.2) is 29.2 Å². The number of piperidine rings is 1. The van der Waals surface area contributed by atoms with Crippen LogP contribution in [0.4, 0.5) is 11.5 Å². The minimum absolute atomic E-state index is 0.0741. The number of para-hydroxylation sites is 1. The van der Waals surface area contributed by atoms with Crippen LogP contribution in [0.3, 0.4) is 0 Å². The van der Waals surface area contributed by atoms with Crippen molar-refractivity contribution in [2.75, 3.05) is 23.3 Å². The van der Waals surface area contributed by atoms with Crippen molar-refractivity contribution >= 4 is 28.4 Å². The van der Waals surface area contributed by atoms with Gasteiger partial charge in [0.15, 0.2) is 11.5 Å². The van der Waals surface area contributed by atoms with Crippen LogP contribution < -0.4 is 15.8 Å². The van der Waals surface area contributed by atoms with Gasteiger partial charge >= 0.3 is 5.63 Å². The molecular weight excluding hydrogens is 416 g/mol. The molecule has 7 nitrogen and oxygen atoms in total. The number of nitrogens with one attached hydrogen (secondary N) is 1. The first-order chi connectivity index (χ1) is 16.2. The van der Waals surface area contributed by atoms with Crippen LogP contribution in [0.2, 0.25) is 0 Å². The van der Waals surface area contributed by atoms with Crippen LogP contribution in [0.25, 0.3) is 11.0 Å². The van der Waals surface area contributed by atoms with Gasteiger partial charge in [0.05, 0.1) is 0 Å². The SMILES string of the molecule is O=C(Nc1cc2ccccc2oc1=O)c1ccc(N2CCC(Cc3ccccc3)CC2)nn1. The van der Waals surface area contributed by atoms with E-state index in [4.69, 9.17) is 4.42 Å². The number of fused-ring (bicyclic) bond motifs is 1. The summed E-state index contributed by atoms with van der Waals surface area (Å²) in [5.74, 6) is 0.920. The first-order valence-electron chi connectivity index (χ1n) is 11.1. The minimum atomic E-state index is -0.606. The predicted molar refractivity (Wildman–Crippen MR) is 128 cm³/mol. The number of amides is 1. The van der Waals surface area contributed by atoms with Gasteiger partial charge in [-0.3, -0.25) is 4.79 Å². The maximum absolute atomic E-state index is 12.6. The monoisotopic (exact) mass is 440 g/mol. The molecule has 1 aliphatic heterocycles. The van der Waals surface area contributed by atoms with Gasteiger partial charge in [0.25, 0.3) is 5.91 Å². The van der Waals surface area contributed by atoms with Crippen LogP contribution in [0.1, 0.15) is 28.9 Å². The maximum Gasteiger partial charge on any atom is 0.360 e. The summed E-state index contributed by atoms with van der Waals surface area (Å²) in [6.45, 7) is 1.83. The lowest BCUT2D eigenvalue weighted by Gasteiger charge is -2.32. The highest BCUT2D eigenvalue weighted by atomic mass is 16.4. The Hall–Kier alpha value is -4.00. The molecule has 5 rings (SSSR count). The van der Waals surface area contributed by atoms with Gasteiger partial charge in [0.2, 0.25) is 0 Å². The Bertz CT molecular complexity index is 1310. The number of hydrogen-bond donors (Lipinski definition) is 1. The van der Waals surface area contributed by atoms with E-state index in [1.165, 1.54) is 5.56 Å². The highest BCUT2D eigenvalue weighted by molar-refractivity contribution is 6.03. The third kappa shape index (κ3) is 4.77. The molecular formula is C26H24N4O3. The van der Waals surface area contributed by atoms with Crippen molar-refractivity contribution in [3.63, 3.8) is 0 Å². The molecule has 3 heterocycles. The third-order valence-corrected chi connectivity index (χ3v) is 6.08. The smallest absolute Gasteiger partial charge is 0.360 e. The number of nitrogens with zero attached hydrogens (tertiary/aromatic N) is 3. The molecule has 1 amide bonds. The van der Waals surface area contributed by atoms with E-state index < -0.39 is 11.5 Å². The van der Waals surface area contributed by atoms with E-state index in [0.29, 0.717) is 11.5 Å². The summed E-state index contributed by atoms with van der Waals surface area (Å²) < 4.78 is 5.26. The topological polar surface area (TPSA) is 88.3 Å². The predicted octanol–water partition coefficient (Wildman–Crippen LogP) is 4.29. The number of rotatable bonds is 5. The number of hydrogen-bond acceptors (Lipinski definition) is 6. The Morgan fingerprint density at radius 3 is 2.48 bits per heavy atom. The van der Waals surface area contributed by atoms with E-state index in [-0.39, 0.29) is 11.4 Å². The Morgan fingerprint density at radius 1 is 0.970 bits per heavy atom. The van der Waals surface area contributed by atoms with Gasteiger partial charge in [-0.1, -0.05) is 48.5 Å². The standard InChI is InChI=1S/C26H24N4O3/c31-25(27-22-17-20-8-4-5-9-23(20)33-26(22)32)21-10-11-24(29-28-21)30-14-12-19(13-15-30)16-18-6-2-1-3-7-18/h1-11,17,19H,12-16H2,(H,27,31). The van der Waals surface area contributed by atoms with Crippen molar-refractivity contribution in [1.29, 1.82) is 0 Å².